The summed E-state index contributed by atoms with van der Waals surface area (Å²) in [6.07, 6.45) is 0.196. The van der Waals surface area contributed by atoms with Gasteiger partial charge in [0.2, 0.25) is 0 Å². The van der Waals surface area contributed by atoms with E-state index in [1.807, 2.05) is 30.3 Å². The van der Waals surface area contributed by atoms with Gasteiger partial charge in [-0.2, -0.15) is 0 Å². The number of ether oxygens (including phenoxy) is 3. The van der Waals surface area contributed by atoms with Crippen LogP contribution < -0.4 is 14.2 Å². The third-order valence-electron chi connectivity index (χ3n) is 4.22. The van der Waals surface area contributed by atoms with Crippen LogP contribution in [0.1, 0.15) is 26.3 Å². The molecule has 3 rings (SSSR count). The van der Waals surface area contributed by atoms with Crippen molar-refractivity contribution in [3.8, 4) is 17.2 Å². The smallest absolute Gasteiger partial charge is 0.343 e. The number of hydrogen-bond acceptors (Lipinski definition) is 5. The maximum atomic E-state index is 12.8. The van der Waals surface area contributed by atoms with Gasteiger partial charge in [0.25, 0.3) is 0 Å². The van der Waals surface area contributed by atoms with E-state index in [1.165, 1.54) is 7.11 Å². The Hall–Kier alpha value is -3.60. The fourth-order valence-corrected chi connectivity index (χ4v) is 2.71. The summed E-state index contributed by atoms with van der Waals surface area (Å²) in [6, 6.07) is 20.8. The van der Waals surface area contributed by atoms with Gasteiger partial charge in [-0.3, -0.25) is 4.79 Å². The molecule has 142 valence electrons. The molecule has 0 amide bonds. The van der Waals surface area contributed by atoms with E-state index in [1.54, 1.807) is 49.6 Å². The predicted molar refractivity (Wildman–Crippen MR) is 105 cm³/mol. The summed E-state index contributed by atoms with van der Waals surface area (Å²) in [4.78, 5) is 25.3. The molecule has 0 atom stereocenters. The van der Waals surface area contributed by atoms with Crippen LogP contribution in [0.4, 0.5) is 0 Å². The van der Waals surface area contributed by atoms with Crippen molar-refractivity contribution in [3.63, 3.8) is 0 Å². The summed E-state index contributed by atoms with van der Waals surface area (Å²) in [5, 5.41) is 0. The molecule has 0 aliphatic heterocycles. The van der Waals surface area contributed by atoms with Crippen molar-refractivity contribution in [2.45, 2.75) is 6.42 Å². The highest BCUT2D eigenvalue weighted by Crippen LogP contribution is 2.27. The van der Waals surface area contributed by atoms with Crippen LogP contribution in [0.25, 0.3) is 0 Å². The molecule has 0 radical (unpaired) electrons. The van der Waals surface area contributed by atoms with E-state index in [4.69, 9.17) is 14.2 Å². The van der Waals surface area contributed by atoms with Crippen LogP contribution in [0, 0.1) is 0 Å². The minimum absolute atomic E-state index is 0.164. The number of hydrogen-bond donors (Lipinski definition) is 0. The normalized spacial score (nSPS) is 10.2. The van der Waals surface area contributed by atoms with Crippen molar-refractivity contribution in [3.05, 3.63) is 89.5 Å². The number of rotatable bonds is 7. The lowest BCUT2D eigenvalue weighted by Crippen LogP contribution is -2.13. The number of benzene rings is 3. The van der Waals surface area contributed by atoms with Gasteiger partial charge in [-0.05, 0) is 48.0 Å². The molecular weight excluding hydrogens is 356 g/mol. The maximum Gasteiger partial charge on any atom is 0.343 e. The lowest BCUT2D eigenvalue weighted by atomic mass is 10.0. The Balaban J connectivity index is 1.85. The first-order valence-electron chi connectivity index (χ1n) is 8.72. The third kappa shape index (κ3) is 4.57. The zero-order valence-electron chi connectivity index (χ0n) is 15.7. The molecule has 0 heterocycles. The van der Waals surface area contributed by atoms with Crippen LogP contribution in [0.3, 0.4) is 0 Å². The highest BCUT2D eigenvalue weighted by atomic mass is 16.5. The van der Waals surface area contributed by atoms with Gasteiger partial charge in [-0.1, -0.05) is 30.3 Å². The van der Waals surface area contributed by atoms with E-state index < -0.39 is 5.97 Å². The van der Waals surface area contributed by atoms with Crippen molar-refractivity contribution in [1.82, 2.24) is 0 Å². The first kappa shape index (κ1) is 19.2. The molecule has 0 bridgehead atoms. The van der Waals surface area contributed by atoms with Crippen LogP contribution >= 0.6 is 0 Å². The number of esters is 1. The molecule has 3 aromatic rings. The molecule has 0 saturated carbocycles. The molecule has 0 spiro atoms. The first-order valence-corrected chi connectivity index (χ1v) is 8.72. The van der Waals surface area contributed by atoms with E-state index in [-0.39, 0.29) is 18.0 Å². The largest absolute Gasteiger partial charge is 0.497 e. The second-order valence-corrected chi connectivity index (χ2v) is 6.07. The fraction of sp³-hybridized carbons (Fsp3) is 0.130. The van der Waals surface area contributed by atoms with Gasteiger partial charge in [0.1, 0.15) is 17.2 Å². The van der Waals surface area contributed by atoms with Gasteiger partial charge in [-0.25, -0.2) is 4.79 Å². The molecule has 5 heteroatoms. The van der Waals surface area contributed by atoms with Gasteiger partial charge in [0, 0.05) is 6.42 Å². The molecule has 0 unspecified atom stereocenters. The average Bonchev–Trinajstić information content (AvgIpc) is 2.74. The van der Waals surface area contributed by atoms with E-state index >= 15 is 0 Å². The number of Topliss-reactive ketones (excluding diaryl/α,β-unsaturated/α-hetero) is 1. The topological polar surface area (TPSA) is 61.8 Å². The number of ketones is 1. The SMILES string of the molecule is COc1ccc(C(=O)Oc2ccc(OC)cc2C(=O)Cc2ccccc2)cc1. The molecule has 0 fully saturated rings. The number of methoxy groups -OCH3 is 2. The molecule has 0 N–H and O–H groups in total. The standard InChI is InChI=1S/C23H20O5/c1-26-18-10-8-17(9-11-18)23(25)28-22-13-12-19(27-2)15-20(22)21(24)14-16-6-4-3-5-7-16/h3-13,15H,14H2,1-2H3. The van der Waals surface area contributed by atoms with Crippen LogP contribution in [0.5, 0.6) is 17.2 Å². The first-order chi connectivity index (χ1) is 13.6. The van der Waals surface area contributed by atoms with Crippen molar-refractivity contribution < 1.29 is 23.8 Å². The Morgan fingerprint density at radius 3 is 2.07 bits per heavy atom. The summed E-state index contributed by atoms with van der Waals surface area (Å²) >= 11 is 0. The molecule has 0 aliphatic rings. The number of carbonyl (C=O) groups excluding carboxylic acids is 2. The van der Waals surface area contributed by atoms with Gasteiger partial charge in [0.15, 0.2) is 5.78 Å². The summed E-state index contributed by atoms with van der Waals surface area (Å²) < 4.78 is 15.8. The Labute approximate surface area is 163 Å². The van der Waals surface area contributed by atoms with Crippen molar-refractivity contribution in [2.75, 3.05) is 14.2 Å². The Morgan fingerprint density at radius 1 is 0.786 bits per heavy atom. The van der Waals surface area contributed by atoms with E-state index in [2.05, 4.69) is 0 Å². The molecule has 0 aliphatic carbocycles. The zero-order chi connectivity index (χ0) is 19.9. The second kappa shape index (κ2) is 8.86. The lowest BCUT2D eigenvalue weighted by molar-refractivity contribution is 0.0732. The van der Waals surface area contributed by atoms with Crippen LogP contribution in [-0.2, 0) is 6.42 Å². The minimum atomic E-state index is -0.554. The molecule has 0 saturated heterocycles. The predicted octanol–water partition coefficient (Wildman–Crippen LogP) is 4.35. The van der Waals surface area contributed by atoms with E-state index in [0.717, 1.165) is 5.56 Å². The van der Waals surface area contributed by atoms with Crippen LogP contribution in [-0.4, -0.2) is 26.0 Å². The Bertz CT molecular complexity index is 962. The van der Waals surface area contributed by atoms with Crippen molar-refractivity contribution in [1.29, 1.82) is 0 Å². The van der Waals surface area contributed by atoms with Crippen molar-refractivity contribution in [2.24, 2.45) is 0 Å². The fourth-order valence-electron chi connectivity index (χ4n) is 2.71. The second-order valence-electron chi connectivity index (χ2n) is 6.07. The van der Waals surface area contributed by atoms with E-state index in [9.17, 15) is 9.59 Å². The average molecular weight is 376 g/mol. The van der Waals surface area contributed by atoms with Gasteiger partial charge >= 0.3 is 5.97 Å². The summed E-state index contributed by atoms with van der Waals surface area (Å²) in [5.74, 6) is 0.632. The zero-order valence-corrected chi connectivity index (χ0v) is 15.7. The summed E-state index contributed by atoms with van der Waals surface area (Å²) in [5.41, 5.74) is 1.53. The highest BCUT2D eigenvalue weighted by molar-refractivity contribution is 6.01. The Kier molecular flexibility index (Phi) is 6.07. The van der Waals surface area contributed by atoms with Gasteiger partial charge < -0.3 is 14.2 Å². The third-order valence-corrected chi connectivity index (χ3v) is 4.22. The molecule has 5 nitrogen and oxygen atoms in total. The quantitative estimate of drug-likeness (QED) is 0.349. The van der Waals surface area contributed by atoms with Gasteiger partial charge in [-0.15, -0.1) is 0 Å². The highest BCUT2D eigenvalue weighted by Gasteiger charge is 2.18. The lowest BCUT2D eigenvalue weighted by Gasteiger charge is -2.12. The van der Waals surface area contributed by atoms with Gasteiger partial charge in [0.05, 0.1) is 25.3 Å². The van der Waals surface area contributed by atoms with E-state index in [0.29, 0.717) is 22.6 Å². The monoisotopic (exact) mass is 376 g/mol. The van der Waals surface area contributed by atoms with Crippen LogP contribution in [0.15, 0.2) is 72.8 Å². The summed E-state index contributed by atoms with van der Waals surface area (Å²) in [6.45, 7) is 0. The maximum absolute atomic E-state index is 12.8. The Morgan fingerprint density at radius 2 is 1.43 bits per heavy atom. The minimum Gasteiger partial charge on any atom is -0.497 e. The van der Waals surface area contributed by atoms with Crippen LogP contribution in [0.2, 0.25) is 0 Å². The molecule has 0 aromatic heterocycles. The summed E-state index contributed by atoms with van der Waals surface area (Å²) in [7, 11) is 3.07. The van der Waals surface area contributed by atoms with Crippen molar-refractivity contribution >= 4 is 11.8 Å². The molecular formula is C23H20O5. The molecule has 28 heavy (non-hydrogen) atoms. The molecule has 3 aromatic carbocycles. The number of carbonyl (C=O) groups is 2.